The lowest BCUT2D eigenvalue weighted by molar-refractivity contribution is -0.659. The van der Waals surface area contributed by atoms with Crippen molar-refractivity contribution < 1.29 is 23.6 Å². The van der Waals surface area contributed by atoms with E-state index in [4.69, 9.17) is 9.47 Å². The second-order valence-electron chi connectivity index (χ2n) is 11.5. The van der Waals surface area contributed by atoms with Crippen molar-refractivity contribution in [3.8, 4) is 22.4 Å². The Labute approximate surface area is 275 Å². The van der Waals surface area contributed by atoms with Gasteiger partial charge in [-0.2, -0.15) is 4.57 Å². The predicted molar refractivity (Wildman–Crippen MR) is 188 cm³/mol. The summed E-state index contributed by atoms with van der Waals surface area (Å²) in [6.07, 6.45) is 2.44. The molecule has 0 spiro atoms. The van der Waals surface area contributed by atoms with Gasteiger partial charge < -0.3 is 9.47 Å². The van der Waals surface area contributed by atoms with Crippen LogP contribution < -0.4 is 9.88 Å². The lowest BCUT2D eigenvalue weighted by atomic mass is 9.95. The molecule has 0 unspecified atom stereocenters. The van der Waals surface area contributed by atoms with Crippen molar-refractivity contribution in [2.75, 3.05) is 11.9 Å². The largest absolute Gasteiger partial charge is 0.466 e. The number of ether oxygens (including phenoxy) is 2. The van der Waals surface area contributed by atoms with E-state index in [-0.39, 0.29) is 12.6 Å². The lowest BCUT2D eigenvalue weighted by Gasteiger charge is -2.15. The molecule has 0 saturated carbocycles. The topological polar surface area (TPSA) is 68.5 Å². The molecule has 1 heterocycles. The molecule has 0 atom stereocenters. The van der Waals surface area contributed by atoms with Crippen LogP contribution in [-0.2, 0) is 27.4 Å². The predicted octanol–water partition coefficient (Wildman–Crippen LogP) is 9.49. The van der Waals surface area contributed by atoms with Gasteiger partial charge in [0.05, 0.1) is 23.1 Å². The number of fused-ring (bicyclic) bond motifs is 3. The second-order valence-corrected chi connectivity index (χ2v) is 11.5. The first-order valence-corrected chi connectivity index (χ1v) is 16.3. The van der Waals surface area contributed by atoms with Crippen molar-refractivity contribution in [3.63, 3.8) is 0 Å². The fourth-order valence-corrected chi connectivity index (χ4v) is 6.08. The Morgan fingerprint density at radius 3 is 2.04 bits per heavy atom. The Kier molecular flexibility index (Phi) is 10.2. The summed E-state index contributed by atoms with van der Waals surface area (Å²) in [7, 11) is 0. The first-order chi connectivity index (χ1) is 23.1. The molecule has 6 heteroatoms. The van der Waals surface area contributed by atoms with Gasteiger partial charge in [-0.3, -0.25) is 10.1 Å². The van der Waals surface area contributed by atoms with E-state index in [0.717, 1.165) is 75.4 Å². The molecule has 1 aromatic heterocycles. The number of benzene rings is 5. The Bertz CT molecular complexity index is 1980. The number of nitrogens with one attached hydrogen (secondary N) is 1. The number of pyridine rings is 1. The van der Waals surface area contributed by atoms with Crippen molar-refractivity contribution in [3.05, 3.63) is 133 Å². The van der Waals surface area contributed by atoms with Crippen LogP contribution in [0.15, 0.2) is 127 Å². The van der Waals surface area contributed by atoms with Crippen LogP contribution >= 0.6 is 0 Å². The fourth-order valence-electron chi connectivity index (χ4n) is 6.08. The average molecular weight is 624 g/mol. The highest BCUT2D eigenvalue weighted by Gasteiger charge is 2.24. The first kappa shape index (κ1) is 31.5. The van der Waals surface area contributed by atoms with Crippen molar-refractivity contribution >= 4 is 39.4 Å². The number of aromatic nitrogens is 1. The van der Waals surface area contributed by atoms with Crippen LogP contribution in [0.1, 0.15) is 38.2 Å². The molecular weight excluding hydrogens is 584 g/mol. The van der Waals surface area contributed by atoms with E-state index in [0.29, 0.717) is 18.7 Å². The monoisotopic (exact) mass is 623 g/mol. The first-order valence-electron chi connectivity index (χ1n) is 16.3. The third-order valence-electron chi connectivity index (χ3n) is 8.30. The molecule has 6 rings (SSSR count). The Morgan fingerprint density at radius 2 is 1.32 bits per heavy atom. The summed E-state index contributed by atoms with van der Waals surface area (Å²) in [5.41, 5.74) is 7.12. The third-order valence-corrected chi connectivity index (χ3v) is 8.30. The fraction of sp³-hybridized carbons (Fsp3) is 0.195. The van der Waals surface area contributed by atoms with E-state index in [1.165, 1.54) is 0 Å². The molecule has 0 bridgehead atoms. The number of unbranched alkanes of at least 4 members (excludes halogenated alkanes) is 2. The highest BCUT2D eigenvalue weighted by Crippen LogP contribution is 2.35. The third kappa shape index (κ3) is 7.67. The summed E-state index contributed by atoms with van der Waals surface area (Å²) in [6, 6.07) is 43.3. The van der Waals surface area contributed by atoms with Gasteiger partial charge in [0.15, 0.2) is 0 Å². The minimum Gasteiger partial charge on any atom is -0.466 e. The minimum absolute atomic E-state index is 0.149. The maximum absolute atomic E-state index is 12.8. The Morgan fingerprint density at radius 1 is 0.638 bits per heavy atom. The number of aryl methyl sites for hydroxylation is 1. The molecule has 0 aliphatic carbocycles. The number of hydrogen-bond donors (Lipinski definition) is 1. The molecule has 6 aromatic rings. The van der Waals surface area contributed by atoms with Crippen molar-refractivity contribution in [2.45, 2.75) is 45.8 Å². The molecule has 6 nitrogen and oxygen atoms in total. The van der Waals surface area contributed by atoms with Gasteiger partial charge in [0.25, 0.3) is 0 Å². The van der Waals surface area contributed by atoms with Crippen LogP contribution in [0.25, 0.3) is 44.1 Å². The second kappa shape index (κ2) is 15.2. The number of esters is 1. The molecule has 236 valence electrons. The standard InChI is InChI=1S/C41H38N2O4/c1-2-46-39(44)21-13-6-14-26-43-38-28-34(42-41(45)47-29-30-15-7-3-8-16-30)23-25-36(38)35-24-22-33(31-17-9-4-10-18-31)27-37(35)40(43)32-19-11-5-12-20-32/h3-5,7-12,15-20,22-25,27-28H,2,6,13-14,21,26,29H2,1H3/p+1. The zero-order valence-corrected chi connectivity index (χ0v) is 26.7. The van der Waals surface area contributed by atoms with Crippen molar-refractivity contribution in [1.29, 1.82) is 0 Å². The summed E-state index contributed by atoms with van der Waals surface area (Å²) < 4.78 is 13.0. The van der Waals surface area contributed by atoms with Gasteiger partial charge in [0.2, 0.25) is 11.2 Å². The van der Waals surface area contributed by atoms with Crippen molar-refractivity contribution in [2.24, 2.45) is 0 Å². The summed E-state index contributed by atoms with van der Waals surface area (Å²) in [4.78, 5) is 24.8. The van der Waals surface area contributed by atoms with Crippen LogP contribution in [0.4, 0.5) is 10.5 Å². The van der Waals surface area contributed by atoms with Crippen LogP contribution in [0, 0.1) is 0 Å². The lowest BCUT2D eigenvalue weighted by Crippen LogP contribution is -2.38. The highest BCUT2D eigenvalue weighted by molar-refractivity contribution is 6.10. The maximum atomic E-state index is 12.8. The average Bonchev–Trinajstić information content (AvgIpc) is 3.11. The SMILES string of the molecule is CCOC(=O)CCCCC[n+]1c(-c2ccccc2)c2cc(-c3ccccc3)ccc2c2ccc(NC(=O)OCc3ccccc3)cc21. The molecule has 0 aliphatic rings. The zero-order chi connectivity index (χ0) is 32.4. The van der Waals surface area contributed by atoms with E-state index < -0.39 is 6.09 Å². The smallest absolute Gasteiger partial charge is 0.411 e. The van der Waals surface area contributed by atoms with Gasteiger partial charge in [0.1, 0.15) is 13.2 Å². The number of nitrogens with zero attached hydrogens (tertiary/aromatic N) is 1. The number of carbonyl (C=O) groups excluding carboxylic acids is 2. The molecule has 0 aliphatic heterocycles. The van der Waals surface area contributed by atoms with E-state index in [9.17, 15) is 9.59 Å². The van der Waals surface area contributed by atoms with Crippen LogP contribution in [0.2, 0.25) is 0 Å². The van der Waals surface area contributed by atoms with Gasteiger partial charge in [-0.1, -0.05) is 91.0 Å². The molecule has 0 fully saturated rings. The Balaban J connectivity index is 1.42. The van der Waals surface area contributed by atoms with Gasteiger partial charge >= 0.3 is 12.1 Å². The number of carbonyl (C=O) groups is 2. The molecule has 0 radical (unpaired) electrons. The summed E-state index contributed by atoms with van der Waals surface area (Å²) >= 11 is 0. The number of rotatable bonds is 12. The van der Waals surface area contributed by atoms with Gasteiger partial charge in [0, 0.05) is 29.9 Å². The van der Waals surface area contributed by atoms with E-state index in [2.05, 4.69) is 82.7 Å². The van der Waals surface area contributed by atoms with Gasteiger partial charge in [-0.25, -0.2) is 4.79 Å². The summed E-state index contributed by atoms with van der Waals surface area (Å²) in [6.45, 7) is 3.16. The molecular formula is C41H39N2O4+. The normalized spacial score (nSPS) is 11.0. The van der Waals surface area contributed by atoms with Gasteiger partial charge in [-0.05, 0) is 66.8 Å². The number of hydrogen-bond acceptors (Lipinski definition) is 4. The van der Waals surface area contributed by atoms with Crippen molar-refractivity contribution in [1.82, 2.24) is 0 Å². The van der Waals surface area contributed by atoms with E-state index in [1.807, 2.05) is 61.5 Å². The molecule has 47 heavy (non-hydrogen) atoms. The molecule has 5 aromatic carbocycles. The summed E-state index contributed by atoms with van der Waals surface area (Å²) in [5, 5.41) is 6.32. The number of amides is 1. The van der Waals surface area contributed by atoms with E-state index in [1.54, 1.807) is 0 Å². The van der Waals surface area contributed by atoms with E-state index >= 15 is 0 Å². The zero-order valence-electron chi connectivity index (χ0n) is 26.7. The maximum Gasteiger partial charge on any atom is 0.411 e. The van der Waals surface area contributed by atoms with Gasteiger partial charge in [-0.15, -0.1) is 0 Å². The molecule has 1 N–H and O–H groups in total. The molecule has 1 amide bonds. The van der Waals surface area contributed by atoms with Crippen LogP contribution in [-0.4, -0.2) is 18.7 Å². The summed E-state index contributed by atoms with van der Waals surface area (Å²) in [5.74, 6) is -0.149. The quantitative estimate of drug-likeness (QED) is 0.0638. The highest BCUT2D eigenvalue weighted by atomic mass is 16.5. The minimum atomic E-state index is -0.504. The Hall–Kier alpha value is -5.49. The van der Waals surface area contributed by atoms with Crippen LogP contribution in [0.3, 0.4) is 0 Å². The molecule has 0 saturated heterocycles. The van der Waals surface area contributed by atoms with Crippen LogP contribution in [0.5, 0.6) is 0 Å². The number of anilines is 1.